The lowest BCUT2D eigenvalue weighted by Crippen LogP contribution is -2.18. The average Bonchev–Trinajstić information content (AvgIpc) is 3.27. The first-order valence-electron chi connectivity index (χ1n) is 6.98. The summed E-state index contributed by atoms with van der Waals surface area (Å²) in [6, 6.07) is 1.97. The molecule has 0 spiro atoms. The topological polar surface area (TPSA) is 47.0 Å². The van der Waals surface area contributed by atoms with E-state index in [2.05, 4.69) is 31.2 Å². The van der Waals surface area contributed by atoms with Gasteiger partial charge in [-0.2, -0.15) is 0 Å². The van der Waals surface area contributed by atoms with Gasteiger partial charge in [-0.25, -0.2) is 9.97 Å². The fourth-order valence-corrected chi connectivity index (χ4v) is 2.74. The second kappa shape index (κ2) is 5.37. The molecule has 0 aliphatic heterocycles. The van der Waals surface area contributed by atoms with Crippen LogP contribution in [0.4, 0.5) is 5.82 Å². The Morgan fingerprint density at radius 3 is 2.84 bits per heavy atom. The molecule has 0 unspecified atom stereocenters. The summed E-state index contributed by atoms with van der Waals surface area (Å²) in [5.74, 6) is 2.52. The lowest BCUT2D eigenvalue weighted by atomic mass is 10.0. The molecule has 2 saturated carbocycles. The third-order valence-corrected chi connectivity index (χ3v) is 4.50. The molecule has 19 heavy (non-hydrogen) atoms. The Labute approximate surface area is 122 Å². The van der Waals surface area contributed by atoms with Crippen LogP contribution in [0.15, 0.2) is 10.7 Å². The monoisotopic (exact) mass is 325 g/mol. The number of aromatic nitrogens is 2. The summed E-state index contributed by atoms with van der Waals surface area (Å²) in [5, 5.41) is 3.48. The Balaban J connectivity index is 1.60. The Morgan fingerprint density at radius 1 is 1.42 bits per heavy atom. The molecular formula is C14H20BrN3O. The molecule has 2 aliphatic carbocycles. The van der Waals surface area contributed by atoms with Gasteiger partial charge in [-0.15, -0.1) is 0 Å². The molecule has 2 fully saturated rings. The fourth-order valence-electron chi connectivity index (χ4n) is 2.34. The van der Waals surface area contributed by atoms with Crippen molar-refractivity contribution in [2.75, 3.05) is 25.6 Å². The number of methoxy groups -OCH3 is 1. The van der Waals surface area contributed by atoms with Gasteiger partial charge in [-0.1, -0.05) is 0 Å². The van der Waals surface area contributed by atoms with Gasteiger partial charge in [0.2, 0.25) is 0 Å². The van der Waals surface area contributed by atoms with E-state index in [1.165, 1.54) is 25.7 Å². The summed E-state index contributed by atoms with van der Waals surface area (Å²) < 4.78 is 6.07. The normalized spacial score (nSPS) is 20.3. The smallest absolute Gasteiger partial charge is 0.135 e. The van der Waals surface area contributed by atoms with Crippen LogP contribution in [0.3, 0.4) is 0 Å². The first kappa shape index (κ1) is 13.3. The van der Waals surface area contributed by atoms with Gasteiger partial charge in [0.25, 0.3) is 0 Å². The van der Waals surface area contributed by atoms with Crippen LogP contribution in [-0.2, 0) is 4.74 Å². The molecule has 5 heteroatoms. The highest BCUT2D eigenvalue weighted by atomic mass is 79.9. The minimum atomic E-state index is 0.438. The Morgan fingerprint density at radius 2 is 2.21 bits per heavy atom. The molecular weight excluding hydrogens is 306 g/mol. The SMILES string of the molecule is COCCC1(CNc2cc(Br)nc(C3CC3)n2)CC1. The number of ether oxygens (including phenoxy) is 1. The summed E-state index contributed by atoms with van der Waals surface area (Å²) in [6.45, 7) is 1.84. The van der Waals surface area contributed by atoms with Crippen LogP contribution in [0.2, 0.25) is 0 Å². The van der Waals surface area contributed by atoms with Crippen molar-refractivity contribution in [3.63, 3.8) is 0 Å². The molecule has 0 amide bonds. The van der Waals surface area contributed by atoms with Crippen LogP contribution in [0.1, 0.15) is 43.8 Å². The second-order valence-corrected chi connectivity index (χ2v) is 6.62. The summed E-state index contributed by atoms with van der Waals surface area (Å²) in [7, 11) is 1.77. The highest BCUT2D eigenvalue weighted by molar-refractivity contribution is 9.10. The first-order valence-corrected chi connectivity index (χ1v) is 7.77. The maximum Gasteiger partial charge on any atom is 0.135 e. The van der Waals surface area contributed by atoms with E-state index in [4.69, 9.17) is 4.74 Å². The van der Waals surface area contributed by atoms with E-state index in [-0.39, 0.29) is 0 Å². The van der Waals surface area contributed by atoms with Crippen LogP contribution in [0.25, 0.3) is 0 Å². The average molecular weight is 326 g/mol. The molecule has 0 radical (unpaired) electrons. The van der Waals surface area contributed by atoms with Gasteiger partial charge in [0.15, 0.2) is 0 Å². The maximum atomic E-state index is 5.19. The van der Waals surface area contributed by atoms with Crippen molar-refractivity contribution in [2.45, 2.75) is 38.0 Å². The predicted molar refractivity (Wildman–Crippen MR) is 78.4 cm³/mol. The van der Waals surface area contributed by atoms with Gasteiger partial charge in [0, 0.05) is 32.2 Å². The molecule has 0 saturated heterocycles. The number of halogens is 1. The van der Waals surface area contributed by atoms with Crippen LogP contribution >= 0.6 is 15.9 Å². The van der Waals surface area contributed by atoms with Gasteiger partial charge in [0.05, 0.1) is 0 Å². The maximum absolute atomic E-state index is 5.19. The van der Waals surface area contributed by atoms with Crippen LogP contribution in [0, 0.1) is 5.41 Å². The van der Waals surface area contributed by atoms with Crippen molar-refractivity contribution in [1.29, 1.82) is 0 Å². The van der Waals surface area contributed by atoms with Crippen LogP contribution in [0.5, 0.6) is 0 Å². The molecule has 1 N–H and O–H groups in total. The predicted octanol–water partition coefficient (Wildman–Crippen LogP) is 3.35. The summed E-state index contributed by atoms with van der Waals surface area (Å²) >= 11 is 3.48. The summed E-state index contributed by atoms with van der Waals surface area (Å²) in [6.07, 6.45) is 6.19. The zero-order valence-corrected chi connectivity index (χ0v) is 12.9. The first-order chi connectivity index (χ1) is 9.21. The Hall–Kier alpha value is -0.680. The highest BCUT2D eigenvalue weighted by Crippen LogP contribution is 2.48. The number of anilines is 1. The molecule has 4 nitrogen and oxygen atoms in total. The van der Waals surface area contributed by atoms with Crippen LogP contribution in [-0.4, -0.2) is 30.2 Å². The number of rotatable bonds is 7. The molecule has 2 aliphatic rings. The van der Waals surface area contributed by atoms with E-state index in [9.17, 15) is 0 Å². The third-order valence-electron chi connectivity index (χ3n) is 4.09. The molecule has 104 valence electrons. The van der Waals surface area contributed by atoms with Crippen LogP contribution < -0.4 is 5.32 Å². The Bertz CT molecular complexity index is 458. The van der Waals surface area contributed by atoms with Gasteiger partial charge >= 0.3 is 0 Å². The molecule has 0 bridgehead atoms. The standard InChI is InChI=1S/C14H20BrN3O/c1-19-7-6-14(4-5-14)9-16-12-8-11(15)17-13(18-12)10-2-3-10/h8,10H,2-7,9H2,1H3,(H,16,17,18). The van der Waals surface area contributed by atoms with Crippen molar-refractivity contribution in [3.05, 3.63) is 16.5 Å². The number of nitrogens with zero attached hydrogens (tertiary/aromatic N) is 2. The number of hydrogen-bond acceptors (Lipinski definition) is 4. The van der Waals surface area contributed by atoms with Gasteiger partial charge < -0.3 is 10.1 Å². The highest BCUT2D eigenvalue weighted by Gasteiger charge is 2.41. The molecule has 1 aromatic heterocycles. The minimum Gasteiger partial charge on any atom is -0.385 e. The minimum absolute atomic E-state index is 0.438. The van der Waals surface area contributed by atoms with Crippen molar-refractivity contribution in [1.82, 2.24) is 9.97 Å². The van der Waals surface area contributed by atoms with Crippen molar-refractivity contribution in [3.8, 4) is 0 Å². The van der Waals surface area contributed by atoms with E-state index in [0.29, 0.717) is 11.3 Å². The zero-order valence-electron chi connectivity index (χ0n) is 11.3. The van der Waals surface area contributed by atoms with E-state index in [0.717, 1.165) is 35.8 Å². The lowest BCUT2D eigenvalue weighted by Gasteiger charge is -2.16. The van der Waals surface area contributed by atoms with Crippen molar-refractivity contribution >= 4 is 21.7 Å². The number of hydrogen-bond donors (Lipinski definition) is 1. The van der Waals surface area contributed by atoms with Gasteiger partial charge in [-0.05, 0) is 53.4 Å². The zero-order chi connectivity index (χ0) is 13.3. The molecule has 1 aromatic rings. The quantitative estimate of drug-likeness (QED) is 0.781. The van der Waals surface area contributed by atoms with E-state index in [1.54, 1.807) is 7.11 Å². The third kappa shape index (κ3) is 3.45. The Kier molecular flexibility index (Phi) is 3.76. The van der Waals surface area contributed by atoms with Crippen molar-refractivity contribution in [2.24, 2.45) is 5.41 Å². The van der Waals surface area contributed by atoms with Crippen molar-refractivity contribution < 1.29 is 4.74 Å². The molecule has 1 heterocycles. The second-order valence-electron chi connectivity index (χ2n) is 5.80. The van der Waals surface area contributed by atoms with E-state index < -0.39 is 0 Å². The molecule has 3 rings (SSSR count). The molecule has 0 aromatic carbocycles. The lowest BCUT2D eigenvalue weighted by molar-refractivity contribution is 0.175. The summed E-state index contributed by atoms with van der Waals surface area (Å²) in [5.41, 5.74) is 0.438. The van der Waals surface area contributed by atoms with Gasteiger partial charge in [0.1, 0.15) is 16.2 Å². The number of nitrogens with one attached hydrogen (secondary N) is 1. The largest absolute Gasteiger partial charge is 0.385 e. The van der Waals surface area contributed by atoms with E-state index >= 15 is 0 Å². The molecule has 0 atom stereocenters. The summed E-state index contributed by atoms with van der Waals surface area (Å²) in [4.78, 5) is 9.07. The van der Waals surface area contributed by atoms with E-state index in [1.807, 2.05) is 6.07 Å². The fraction of sp³-hybridized carbons (Fsp3) is 0.714. The van der Waals surface area contributed by atoms with Gasteiger partial charge in [-0.3, -0.25) is 0 Å².